The Kier molecular flexibility index (Phi) is 5.68. The van der Waals surface area contributed by atoms with Gasteiger partial charge in [-0.1, -0.05) is 17.7 Å². The van der Waals surface area contributed by atoms with E-state index in [0.717, 1.165) is 0 Å². The van der Waals surface area contributed by atoms with Crippen LogP contribution in [0.4, 0.5) is 14.9 Å². The van der Waals surface area contributed by atoms with Gasteiger partial charge >= 0.3 is 6.03 Å². The number of amides is 2. The molecule has 1 N–H and O–H groups in total. The van der Waals surface area contributed by atoms with Crippen molar-refractivity contribution in [2.45, 2.75) is 6.54 Å². The van der Waals surface area contributed by atoms with Gasteiger partial charge in [0.05, 0.1) is 12.2 Å². The zero-order chi connectivity index (χ0) is 20.2. The van der Waals surface area contributed by atoms with Gasteiger partial charge in [0.2, 0.25) is 0 Å². The molecule has 1 aromatic heterocycles. The van der Waals surface area contributed by atoms with Crippen LogP contribution in [0.5, 0.6) is 0 Å². The summed E-state index contributed by atoms with van der Waals surface area (Å²) in [5.74, 6) is 0.277. The molecule has 29 heavy (non-hydrogen) atoms. The molecule has 150 valence electrons. The predicted octanol–water partition coefficient (Wildman–Crippen LogP) is 2.80. The minimum atomic E-state index is -0.343. The van der Waals surface area contributed by atoms with Crippen molar-refractivity contribution < 1.29 is 9.18 Å². The molecule has 0 aliphatic carbocycles. The number of urea groups is 1. The third kappa shape index (κ3) is 4.69. The molecule has 8 nitrogen and oxygen atoms in total. The van der Waals surface area contributed by atoms with Gasteiger partial charge < -0.3 is 10.2 Å². The third-order valence-corrected chi connectivity index (χ3v) is 4.96. The fourth-order valence-corrected chi connectivity index (χ4v) is 3.28. The zero-order valence-corrected chi connectivity index (χ0v) is 16.3. The number of halogens is 2. The first kappa shape index (κ1) is 19.3. The maximum atomic E-state index is 13.5. The maximum absolute atomic E-state index is 13.5. The molecule has 1 aliphatic heterocycles. The SMILES string of the molecule is O=C(Nc1ccc(Cl)cc1)N1CCN(Cc2nnnn2-c2cccc(F)c2)CC1. The molecule has 1 aliphatic rings. The summed E-state index contributed by atoms with van der Waals surface area (Å²) in [5, 5.41) is 15.3. The molecule has 0 saturated carbocycles. The molecule has 3 aromatic rings. The van der Waals surface area contributed by atoms with Crippen LogP contribution in [0.2, 0.25) is 5.02 Å². The van der Waals surface area contributed by atoms with E-state index < -0.39 is 0 Å². The second-order valence-corrected chi connectivity index (χ2v) is 7.12. The van der Waals surface area contributed by atoms with E-state index in [1.807, 2.05) is 0 Å². The lowest BCUT2D eigenvalue weighted by Gasteiger charge is -2.34. The van der Waals surface area contributed by atoms with E-state index in [1.54, 1.807) is 41.3 Å². The van der Waals surface area contributed by atoms with Gasteiger partial charge in [-0.25, -0.2) is 9.18 Å². The van der Waals surface area contributed by atoms with Crippen LogP contribution < -0.4 is 5.32 Å². The summed E-state index contributed by atoms with van der Waals surface area (Å²) in [6.07, 6.45) is 0. The van der Waals surface area contributed by atoms with E-state index in [-0.39, 0.29) is 11.8 Å². The molecular weight excluding hydrogens is 397 g/mol. The molecular formula is C19H19ClFN7O. The van der Waals surface area contributed by atoms with Crippen LogP contribution >= 0.6 is 11.6 Å². The number of nitrogens with zero attached hydrogens (tertiary/aromatic N) is 6. The predicted molar refractivity (Wildman–Crippen MR) is 106 cm³/mol. The standard InChI is InChI=1S/C19H19ClFN7O/c20-14-4-6-16(7-5-14)22-19(29)27-10-8-26(9-11-27)13-18-23-24-25-28(18)17-3-1-2-15(21)12-17/h1-7,12H,8-11,13H2,(H,22,29). The average Bonchev–Trinajstić information content (AvgIpc) is 3.18. The van der Waals surface area contributed by atoms with Crippen LogP contribution in [0, 0.1) is 5.82 Å². The fraction of sp³-hybridized carbons (Fsp3) is 0.263. The van der Waals surface area contributed by atoms with Crippen molar-refractivity contribution in [1.29, 1.82) is 0 Å². The van der Waals surface area contributed by atoms with Crippen LogP contribution in [-0.2, 0) is 6.54 Å². The molecule has 0 radical (unpaired) electrons. The van der Waals surface area contributed by atoms with Gasteiger partial charge in [-0.05, 0) is 52.9 Å². The van der Waals surface area contributed by atoms with Crippen molar-refractivity contribution in [3.8, 4) is 5.69 Å². The number of anilines is 1. The van der Waals surface area contributed by atoms with Crippen molar-refractivity contribution in [3.63, 3.8) is 0 Å². The lowest BCUT2D eigenvalue weighted by molar-refractivity contribution is 0.140. The number of hydrogen-bond acceptors (Lipinski definition) is 5. The number of carbonyl (C=O) groups excluding carboxylic acids is 1. The summed E-state index contributed by atoms with van der Waals surface area (Å²) in [7, 11) is 0. The topological polar surface area (TPSA) is 79.2 Å². The normalized spacial score (nSPS) is 14.8. The lowest BCUT2D eigenvalue weighted by atomic mass is 10.3. The minimum Gasteiger partial charge on any atom is -0.322 e. The van der Waals surface area contributed by atoms with E-state index in [0.29, 0.717) is 54.9 Å². The van der Waals surface area contributed by atoms with Crippen LogP contribution in [0.3, 0.4) is 0 Å². The highest BCUT2D eigenvalue weighted by molar-refractivity contribution is 6.30. The third-order valence-electron chi connectivity index (χ3n) is 4.71. The lowest BCUT2D eigenvalue weighted by Crippen LogP contribution is -2.49. The van der Waals surface area contributed by atoms with E-state index in [1.165, 1.54) is 16.8 Å². The van der Waals surface area contributed by atoms with Gasteiger partial charge in [0, 0.05) is 36.9 Å². The summed E-state index contributed by atoms with van der Waals surface area (Å²) in [6.45, 7) is 3.05. The summed E-state index contributed by atoms with van der Waals surface area (Å²) < 4.78 is 15.0. The first-order chi connectivity index (χ1) is 14.1. The number of benzene rings is 2. The highest BCUT2D eigenvalue weighted by atomic mass is 35.5. The Hall–Kier alpha value is -3.04. The highest BCUT2D eigenvalue weighted by Crippen LogP contribution is 2.15. The Balaban J connectivity index is 1.33. The average molecular weight is 416 g/mol. The number of tetrazole rings is 1. The maximum Gasteiger partial charge on any atom is 0.321 e. The van der Waals surface area contributed by atoms with E-state index >= 15 is 0 Å². The van der Waals surface area contributed by atoms with E-state index in [9.17, 15) is 9.18 Å². The van der Waals surface area contributed by atoms with Crippen LogP contribution in [0.25, 0.3) is 5.69 Å². The Bertz CT molecular complexity index is 986. The smallest absolute Gasteiger partial charge is 0.321 e. The molecule has 2 amide bonds. The minimum absolute atomic E-state index is 0.142. The number of nitrogens with one attached hydrogen (secondary N) is 1. The van der Waals surface area contributed by atoms with Gasteiger partial charge in [0.15, 0.2) is 5.82 Å². The summed E-state index contributed by atoms with van der Waals surface area (Å²) >= 11 is 5.87. The molecule has 0 unspecified atom stereocenters. The van der Waals surface area contributed by atoms with Gasteiger partial charge in [-0.3, -0.25) is 4.90 Å². The molecule has 0 atom stereocenters. The number of piperazine rings is 1. The molecule has 1 fully saturated rings. The Morgan fingerprint density at radius 3 is 2.59 bits per heavy atom. The molecule has 2 aromatic carbocycles. The Morgan fingerprint density at radius 2 is 1.86 bits per heavy atom. The molecule has 0 bridgehead atoms. The zero-order valence-electron chi connectivity index (χ0n) is 15.5. The van der Waals surface area contributed by atoms with Crippen LogP contribution in [0.15, 0.2) is 48.5 Å². The van der Waals surface area contributed by atoms with Gasteiger partial charge in [0.25, 0.3) is 0 Å². The quantitative estimate of drug-likeness (QED) is 0.708. The van der Waals surface area contributed by atoms with Crippen molar-refractivity contribution in [2.75, 3.05) is 31.5 Å². The molecule has 4 rings (SSSR count). The van der Waals surface area contributed by atoms with Gasteiger partial charge in [-0.15, -0.1) is 5.10 Å². The number of rotatable bonds is 4. The first-order valence-corrected chi connectivity index (χ1v) is 9.53. The number of aromatic nitrogens is 4. The second kappa shape index (κ2) is 8.54. The Labute approximate surface area is 171 Å². The van der Waals surface area contributed by atoms with Crippen LogP contribution in [0.1, 0.15) is 5.82 Å². The van der Waals surface area contributed by atoms with Crippen molar-refractivity contribution in [2.24, 2.45) is 0 Å². The van der Waals surface area contributed by atoms with E-state index in [4.69, 9.17) is 11.6 Å². The van der Waals surface area contributed by atoms with Crippen LogP contribution in [-0.4, -0.2) is 62.2 Å². The molecule has 2 heterocycles. The fourth-order valence-electron chi connectivity index (χ4n) is 3.16. The highest BCUT2D eigenvalue weighted by Gasteiger charge is 2.23. The largest absolute Gasteiger partial charge is 0.322 e. The Morgan fingerprint density at radius 1 is 1.10 bits per heavy atom. The summed E-state index contributed by atoms with van der Waals surface area (Å²) in [4.78, 5) is 16.4. The number of hydrogen-bond donors (Lipinski definition) is 1. The van der Waals surface area contributed by atoms with Gasteiger partial charge in [-0.2, -0.15) is 4.68 Å². The monoisotopic (exact) mass is 415 g/mol. The number of carbonyl (C=O) groups is 1. The second-order valence-electron chi connectivity index (χ2n) is 6.69. The van der Waals surface area contributed by atoms with E-state index in [2.05, 4.69) is 25.7 Å². The summed E-state index contributed by atoms with van der Waals surface area (Å²) in [5.41, 5.74) is 1.28. The van der Waals surface area contributed by atoms with Crippen molar-refractivity contribution >= 4 is 23.3 Å². The molecule has 0 spiro atoms. The molecule has 1 saturated heterocycles. The molecule has 10 heteroatoms. The van der Waals surface area contributed by atoms with Gasteiger partial charge in [0.1, 0.15) is 5.82 Å². The first-order valence-electron chi connectivity index (χ1n) is 9.15. The van der Waals surface area contributed by atoms with Crippen molar-refractivity contribution in [3.05, 3.63) is 65.2 Å². The van der Waals surface area contributed by atoms with Crippen molar-refractivity contribution in [1.82, 2.24) is 30.0 Å². The summed E-state index contributed by atoms with van der Waals surface area (Å²) in [6, 6.07) is 13.0.